The van der Waals surface area contributed by atoms with Gasteiger partial charge in [0.05, 0.1) is 0 Å². The van der Waals surface area contributed by atoms with Gasteiger partial charge in [-0.05, 0) is 12.8 Å². The molecule has 1 fully saturated rings. The van der Waals surface area contributed by atoms with Crippen molar-refractivity contribution in [3.05, 3.63) is 0 Å². The third kappa shape index (κ3) is 7.16. The van der Waals surface area contributed by atoms with Gasteiger partial charge in [0, 0.05) is 12.1 Å². The van der Waals surface area contributed by atoms with Crippen LogP contribution in [0.15, 0.2) is 0 Å². The topological polar surface area (TPSA) is 52.0 Å². The van der Waals surface area contributed by atoms with Crippen LogP contribution in [0.3, 0.4) is 0 Å². The molecule has 0 aromatic carbocycles. The van der Waals surface area contributed by atoms with E-state index < -0.39 is 0 Å². The summed E-state index contributed by atoms with van der Waals surface area (Å²) >= 11 is 5.30. The second kappa shape index (κ2) is 8.66. The van der Waals surface area contributed by atoms with E-state index in [0.717, 1.165) is 12.8 Å². The van der Waals surface area contributed by atoms with Gasteiger partial charge in [0.25, 0.3) is 0 Å². The molecule has 2 nitrogen and oxygen atoms in total. The fraction of sp³-hybridized carbons (Fsp3) is 1.00. The van der Waals surface area contributed by atoms with E-state index in [1.54, 1.807) is 0 Å². The van der Waals surface area contributed by atoms with Gasteiger partial charge in [-0.2, -0.15) is 0 Å². The van der Waals surface area contributed by atoms with Crippen molar-refractivity contribution >= 4 is 38.7 Å². The first kappa shape index (κ1) is 13.1. The predicted molar refractivity (Wildman–Crippen MR) is 62.5 cm³/mol. The fourth-order valence-corrected chi connectivity index (χ4v) is 1.19. The Kier molecular flexibility index (Phi) is 10.3. The van der Waals surface area contributed by atoms with Crippen LogP contribution in [0.4, 0.5) is 0 Å². The van der Waals surface area contributed by atoms with Gasteiger partial charge in [0.2, 0.25) is 0 Å². The molecule has 1 rings (SSSR count). The molecule has 11 heavy (non-hydrogen) atoms. The van der Waals surface area contributed by atoms with Crippen LogP contribution in [-0.2, 0) is 11.2 Å². The van der Waals surface area contributed by atoms with Crippen LogP contribution < -0.4 is 11.5 Å². The summed E-state index contributed by atoms with van der Waals surface area (Å²) in [6.45, 7) is 0. The van der Waals surface area contributed by atoms with E-state index in [-0.39, 0.29) is 12.1 Å². The van der Waals surface area contributed by atoms with Gasteiger partial charge in [0.1, 0.15) is 0 Å². The number of nitrogens with two attached hydrogens (primary N) is 2. The van der Waals surface area contributed by atoms with E-state index in [9.17, 15) is 0 Å². The molecule has 0 aliphatic heterocycles. The summed E-state index contributed by atoms with van der Waals surface area (Å²) in [5.74, 6) is 0. The molecule has 1 saturated carbocycles. The molecule has 0 saturated heterocycles. The Balaban J connectivity index is 0.000000292. The summed E-state index contributed by atoms with van der Waals surface area (Å²) in [6.07, 6.45) is 4.80. The monoisotopic (exact) mass is 563 g/mol. The van der Waals surface area contributed by atoms with Crippen molar-refractivity contribution in [2.75, 3.05) is 0 Å². The molecule has 0 spiro atoms. The average molecular weight is 563 g/mol. The quantitative estimate of drug-likeness (QED) is 0.444. The Morgan fingerprint density at radius 1 is 1.00 bits per heavy atom. The molecule has 0 heterocycles. The van der Waals surface area contributed by atoms with Crippen LogP contribution in [0, 0.1) is 0 Å². The SMILES string of the molecule is N[C@@H]1CCCC[C@H]1N.[I][Pt][I]. The summed E-state index contributed by atoms with van der Waals surface area (Å²) in [5, 5.41) is 0. The molecule has 1 aliphatic rings. The van der Waals surface area contributed by atoms with Gasteiger partial charge < -0.3 is 11.5 Å². The van der Waals surface area contributed by atoms with Crippen LogP contribution in [0.5, 0.6) is 0 Å². The van der Waals surface area contributed by atoms with Gasteiger partial charge in [-0.3, -0.25) is 0 Å². The molecule has 2 atom stereocenters. The van der Waals surface area contributed by atoms with Crippen molar-refractivity contribution in [1.29, 1.82) is 0 Å². The zero-order valence-corrected chi connectivity index (χ0v) is 12.8. The van der Waals surface area contributed by atoms with Crippen LogP contribution >= 0.6 is 38.7 Å². The van der Waals surface area contributed by atoms with E-state index >= 15 is 0 Å². The van der Waals surface area contributed by atoms with Gasteiger partial charge >= 0.3 is 49.9 Å². The van der Waals surface area contributed by atoms with Crippen molar-refractivity contribution in [3.8, 4) is 0 Å². The van der Waals surface area contributed by atoms with Crippen LogP contribution in [-0.4, -0.2) is 12.1 Å². The third-order valence-electron chi connectivity index (χ3n) is 1.87. The van der Waals surface area contributed by atoms with E-state index in [1.165, 1.54) is 12.8 Å². The maximum absolute atomic E-state index is 5.65. The van der Waals surface area contributed by atoms with Crippen LogP contribution in [0.1, 0.15) is 25.7 Å². The Morgan fingerprint density at radius 2 is 1.27 bits per heavy atom. The van der Waals surface area contributed by atoms with Crippen LogP contribution in [0.2, 0.25) is 0 Å². The van der Waals surface area contributed by atoms with Crippen molar-refractivity contribution in [1.82, 2.24) is 0 Å². The summed E-state index contributed by atoms with van der Waals surface area (Å²) in [4.78, 5) is 0. The minimum absolute atomic E-state index is 0.281. The molecule has 5 heteroatoms. The standard InChI is InChI=1S/C6H14N2.2HI.Pt/c7-5-3-1-2-4-6(5)8;;;/h5-6H,1-4,7-8H2;2*1H;/q;;;+2/p-2/t5-,6-;;;/m1.../s1. The number of hydrogen-bond acceptors (Lipinski definition) is 2. The van der Waals surface area contributed by atoms with Crippen molar-refractivity contribution in [3.63, 3.8) is 0 Å². The molecule has 72 valence electrons. The molecule has 0 unspecified atom stereocenters. The first-order chi connectivity index (χ1) is 5.22. The predicted octanol–water partition coefficient (Wildman–Crippen LogP) is 1.98. The van der Waals surface area contributed by atoms with Crippen molar-refractivity contribution < 1.29 is 11.2 Å². The summed E-state index contributed by atoms with van der Waals surface area (Å²) in [5.41, 5.74) is 11.3. The molecule has 1 aliphatic carbocycles. The van der Waals surface area contributed by atoms with E-state index in [1.807, 2.05) is 0 Å². The minimum atomic E-state index is 0.281. The molecule has 0 bridgehead atoms. The summed E-state index contributed by atoms with van der Waals surface area (Å²) in [6, 6.07) is 0.562. The molecular formula is C6H14I2N2Pt. The van der Waals surface area contributed by atoms with E-state index in [4.69, 9.17) is 11.5 Å². The number of rotatable bonds is 0. The van der Waals surface area contributed by atoms with Gasteiger partial charge in [-0.15, -0.1) is 0 Å². The molecule has 0 aromatic heterocycles. The Bertz CT molecular complexity index is 84.7. The maximum atomic E-state index is 5.65. The molecule has 0 radical (unpaired) electrons. The summed E-state index contributed by atoms with van der Waals surface area (Å²) < 4.78 is 0. The average Bonchev–Trinajstić information content (AvgIpc) is 1.97. The Labute approximate surface area is 97.8 Å². The normalized spacial score (nSPS) is 30.9. The first-order valence-electron chi connectivity index (χ1n) is 3.56. The molecule has 0 amide bonds. The summed E-state index contributed by atoms with van der Waals surface area (Å²) in [7, 11) is 0. The van der Waals surface area contributed by atoms with E-state index in [2.05, 4.69) is 38.7 Å². The zero-order chi connectivity index (χ0) is 8.69. The van der Waals surface area contributed by atoms with Crippen LogP contribution in [0.25, 0.3) is 0 Å². The third-order valence-corrected chi connectivity index (χ3v) is 1.87. The van der Waals surface area contributed by atoms with E-state index in [0.29, 0.717) is 11.2 Å². The van der Waals surface area contributed by atoms with Crippen molar-refractivity contribution in [2.24, 2.45) is 11.5 Å². The van der Waals surface area contributed by atoms with Gasteiger partial charge in [0.15, 0.2) is 0 Å². The molecular weight excluding hydrogens is 549 g/mol. The molecule has 4 N–H and O–H groups in total. The fourth-order valence-electron chi connectivity index (χ4n) is 1.19. The van der Waals surface area contributed by atoms with Crippen molar-refractivity contribution in [2.45, 2.75) is 37.8 Å². The first-order valence-corrected chi connectivity index (χ1v) is 16.4. The second-order valence-electron chi connectivity index (χ2n) is 2.66. The second-order valence-corrected chi connectivity index (χ2v) is 19.3. The number of hydrogen-bond donors (Lipinski definition) is 2. The van der Waals surface area contributed by atoms with Gasteiger partial charge in [-0.25, -0.2) is 0 Å². The zero-order valence-electron chi connectivity index (χ0n) is 6.21. The van der Waals surface area contributed by atoms with Gasteiger partial charge in [-0.1, -0.05) is 12.8 Å². The number of halogens is 2. The Morgan fingerprint density at radius 3 is 1.45 bits per heavy atom. The Hall–Kier alpha value is 2.07. The molecule has 0 aromatic rings.